The third-order valence-corrected chi connectivity index (χ3v) is 11.8. The monoisotopic (exact) mass is 455 g/mol. The maximum atomic E-state index is 12.8. The van der Waals surface area contributed by atoms with Crippen LogP contribution in [0.2, 0.25) is 18.1 Å². The highest BCUT2D eigenvalue weighted by Crippen LogP contribution is 2.38. The third-order valence-electron chi connectivity index (χ3n) is 6.16. The van der Waals surface area contributed by atoms with Gasteiger partial charge in [0, 0.05) is 11.4 Å². The van der Waals surface area contributed by atoms with Crippen LogP contribution in [0.1, 0.15) is 82.4 Å². The van der Waals surface area contributed by atoms with Crippen molar-refractivity contribution in [1.29, 1.82) is 0 Å². The second kappa shape index (κ2) is 9.26. The molecule has 1 saturated heterocycles. The molecular formula is C22H41N3O3SSi. The van der Waals surface area contributed by atoms with Crippen molar-refractivity contribution in [2.24, 2.45) is 5.73 Å². The molecule has 0 saturated carbocycles. The van der Waals surface area contributed by atoms with Crippen LogP contribution in [0.5, 0.6) is 0 Å². The predicted molar refractivity (Wildman–Crippen MR) is 126 cm³/mol. The van der Waals surface area contributed by atoms with Crippen LogP contribution in [-0.4, -0.2) is 42.5 Å². The molecule has 2 N–H and O–H groups in total. The Labute approximate surface area is 187 Å². The molecule has 0 bridgehead atoms. The van der Waals surface area contributed by atoms with Crippen molar-refractivity contribution in [3.63, 3.8) is 0 Å². The molecule has 2 heterocycles. The van der Waals surface area contributed by atoms with Crippen LogP contribution >= 0.6 is 11.3 Å². The summed E-state index contributed by atoms with van der Waals surface area (Å²) in [6, 6.07) is -0.406. The normalized spacial score (nSPS) is 19.7. The molecule has 0 aromatic carbocycles. The van der Waals surface area contributed by atoms with E-state index in [4.69, 9.17) is 19.9 Å². The van der Waals surface area contributed by atoms with Crippen molar-refractivity contribution >= 4 is 25.7 Å². The number of aryl methyl sites for hydroxylation is 1. The van der Waals surface area contributed by atoms with E-state index in [1.165, 1.54) is 0 Å². The van der Waals surface area contributed by atoms with Crippen molar-refractivity contribution in [3.05, 3.63) is 15.6 Å². The van der Waals surface area contributed by atoms with E-state index in [-0.39, 0.29) is 23.2 Å². The van der Waals surface area contributed by atoms with Gasteiger partial charge >= 0.3 is 6.09 Å². The summed E-state index contributed by atoms with van der Waals surface area (Å²) in [4.78, 5) is 20.6. The zero-order valence-electron chi connectivity index (χ0n) is 20.3. The Morgan fingerprint density at radius 1 is 1.27 bits per heavy atom. The van der Waals surface area contributed by atoms with E-state index in [2.05, 4.69) is 40.8 Å². The van der Waals surface area contributed by atoms with Crippen molar-refractivity contribution in [2.45, 2.75) is 110 Å². The largest absolute Gasteiger partial charge is 0.444 e. The standard InChI is InChI=1S/C22H41N3O3SSi/c1-15-16(14-27-30(8,9)22(5,6)7)24-19(29-15)18(23)17-12-10-11-13-25(17)20(26)28-21(2,3)4/h17-18H,10-14,23H2,1-9H3/t17-,18-/m0/s1. The van der Waals surface area contributed by atoms with Crippen molar-refractivity contribution < 1.29 is 14.0 Å². The molecule has 172 valence electrons. The third kappa shape index (κ3) is 6.28. The first-order valence-electron chi connectivity index (χ1n) is 11.0. The predicted octanol–water partition coefficient (Wildman–Crippen LogP) is 5.76. The minimum Gasteiger partial charge on any atom is -0.444 e. The lowest BCUT2D eigenvalue weighted by Crippen LogP contribution is -2.50. The Morgan fingerprint density at radius 3 is 2.47 bits per heavy atom. The second-order valence-corrected chi connectivity index (χ2v) is 16.9. The number of thiazole rings is 1. The number of piperidine rings is 1. The number of aromatic nitrogens is 1. The fraction of sp³-hybridized carbons (Fsp3) is 0.818. The molecule has 1 aliphatic heterocycles. The van der Waals surface area contributed by atoms with Gasteiger partial charge < -0.3 is 19.8 Å². The smallest absolute Gasteiger partial charge is 0.410 e. The maximum absolute atomic E-state index is 12.8. The molecule has 6 nitrogen and oxygen atoms in total. The first kappa shape index (κ1) is 25.3. The molecule has 8 heteroatoms. The van der Waals surface area contributed by atoms with Gasteiger partial charge in [-0.2, -0.15) is 0 Å². The lowest BCUT2D eigenvalue weighted by Gasteiger charge is -2.39. The van der Waals surface area contributed by atoms with Gasteiger partial charge in [-0.1, -0.05) is 20.8 Å². The summed E-state index contributed by atoms with van der Waals surface area (Å²) in [6.07, 6.45) is 2.63. The van der Waals surface area contributed by atoms with E-state index in [1.54, 1.807) is 11.3 Å². The van der Waals surface area contributed by atoms with Gasteiger partial charge in [-0.3, -0.25) is 0 Å². The topological polar surface area (TPSA) is 77.7 Å². The highest BCUT2D eigenvalue weighted by molar-refractivity contribution is 7.11. The minimum atomic E-state index is -1.85. The molecule has 1 aromatic heterocycles. The van der Waals surface area contributed by atoms with E-state index in [1.807, 2.05) is 25.7 Å². The van der Waals surface area contributed by atoms with E-state index < -0.39 is 13.9 Å². The number of nitrogens with zero attached hydrogens (tertiary/aromatic N) is 2. The van der Waals surface area contributed by atoms with Crippen LogP contribution < -0.4 is 5.73 Å². The number of likely N-dealkylation sites (tertiary alicyclic amines) is 1. The molecule has 2 rings (SSSR count). The zero-order chi connectivity index (χ0) is 22.9. The molecule has 1 aromatic rings. The average molecular weight is 456 g/mol. The Bertz CT molecular complexity index is 737. The van der Waals surface area contributed by atoms with Gasteiger partial charge in [0.15, 0.2) is 8.32 Å². The summed E-state index contributed by atoms with van der Waals surface area (Å²) in [5.41, 5.74) is 7.11. The highest BCUT2D eigenvalue weighted by Gasteiger charge is 2.38. The van der Waals surface area contributed by atoms with Crippen molar-refractivity contribution in [3.8, 4) is 0 Å². The summed E-state index contributed by atoms with van der Waals surface area (Å²) < 4.78 is 12.0. The van der Waals surface area contributed by atoms with Crippen LogP contribution in [0, 0.1) is 6.92 Å². The number of carbonyl (C=O) groups excluding carboxylic acids is 1. The fourth-order valence-electron chi connectivity index (χ4n) is 3.23. The number of hydrogen-bond donors (Lipinski definition) is 1. The molecule has 0 spiro atoms. The second-order valence-electron chi connectivity index (χ2n) is 10.9. The van der Waals surface area contributed by atoms with Crippen molar-refractivity contribution in [1.82, 2.24) is 9.88 Å². The molecule has 30 heavy (non-hydrogen) atoms. The molecule has 2 atom stereocenters. The van der Waals surface area contributed by atoms with Crippen LogP contribution in [0.3, 0.4) is 0 Å². The van der Waals surface area contributed by atoms with Crippen LogP contribution in [0.15, 0.2) is 0 Å². The van der Waals surface area contributed by atoms with Crippen molar-refractivity contribution in [2.75, 3.05) is 6.54 Å². The van der Waals surface area contributed by atoms with Crippen LogP contribution in [0.4, 0.5) is 4.79 Å². The lowest BCUT2D eigenvalue weighted by molar-refractivity contribution is 0.00646. The van der Waals surface area contributed by atoms with Gasteiger partial charge in [-0.15, -0.1) is 11.3 Å². The molecule has 0 aliphatic carbocycles. The van der Waals surface area contributed by atoms with E-state index >= 15 is 0 Å². The maximum Gasteiger partial charge on any atom is 0.410 e. The molecule has 1 aliphatic rings. The van der Waals surface area contributed by atoms with E-state index in [0.717, 1.165) is 34.8 Å². The first-order valence-corrected chi connectivity index (χ1v) is 14.7. The number of rotatable bonds is 5. The van der Waals surface area contributed by atoms with Gasteiger partial charge in [-0.05, 0) is 65.1 Å². The van der Waals surface area contributed by atoms with E-state index in [0.29, 0.717) is 13.2 Å². The van der Waals surface area contributed by atoms with Crippen LogP contribution in [-0.2, 0) is 15.8 Å². The summed E-state index contributed by atoms with van der Waals surface area (Å²) in [7, 11) is -1.85. The Hall–Kier alpha value is -0.963. The fourth-order valence-corrected chi connectivity index (χ4v) is 5.15. The Balaban J connectivity index is 2.14. The molecular weight excluding hydrogens is 414 g/mol. The van der Waals surface area contributed by atoms with Gasteiger partial charge in [0.1, 0.15) is 10.6 Å². The van der Waals surface area contributed by atoms with Crippen LogP contribution in [0.25, 0.3) is 0 Å². The van der Waals surface area contributed by atoms with Gasteiger partial charge in [-0.25, -0.2) is 9.78 Å². The van der Waals surface area contributed by atoms with Gasteiger partial charge in [0.2, 0.25) is 0 Å². The molecule has 1 amide bonds. The highest BCUT2D eigenvalue weighted by atomic mass is 32.1. The Kier molecular flexibility index (Phi) is 7.81. The average Bonchev–Trinajstić information content (AvgIpc) is 2.98. The SMILES string of the molecule is Cc1sc([C@@H](N)[C@@H]2CCCCN2C(=O)OC(C)(C)C)nc1CO[Si](C)(C)C(C)(C)C. The summed E-state index contributed by atoms with van der Waals surface area (Å²) in [6.45, 7) is 20.2. The molecule has 0 unspecified atom stereocenters. The number of nitrogens with two attached hydrogens (primary N) is 1. The zero-order valence-corrected chi connectivity index (χ0v) is 22.1. The summed E-state index contributed by atoms with van der Waals surface area (Å²) >= 11 is 1.62. The quantitative estimate of drug-likeness (QED) is 0.571. The van der Waals surface area contributed by atoms with Gasteiger partial charge in [0.25, 0.3) is 0 Å². The number of carbonyl (C=O) groups is 1. The summed E-state index contributed by atoms with van der Waals surface area (Å²) in [5, 5.41) is 1.04. The number of ether oxygens (including phenoxy) is 1. The number of hydrogen-bond acceptors (Lipinski definition) is 6. The van der Waals surface area contributed by atoms with Gasteiger partial charge in [0.05, 0.1) is 24.4 Å². The molecule has 1 fully saturated rings. The first-order chi connectivity index (χ1) is 13.6. The van der Waals surface area contributed by atoms with E-state index in [9.17, 15) is 4.79 Å². The molecule has 0 radical (unpaired) electrons. The lowest BCUT2D eigenvalue weighted by atomic mass is 9.96. The Morgan fingerprint density at radius 2 is 1.90 bits per heavy atom. The summed E-state index contributed by atoms with van der Waals surface area (Å²) in [5.74, 6) is 0. The number of amides is 1. The minimum absolute atomic E-state index is 0.0895.